The molecule has 206 valence electrons. The fourth-order valence-corrected chi connectivity index (χ4v) is 5.29. The van der Waals surface area contributed by atoms with E-state index in [9.17, 15) is 14.4 Å². The number of carbonyl (C=O) groups is 3. The number of benzene rings is 3. The van der Waals surface area contributed by atoms with Crippen LogP contribution in [0.5, 0.6) is 0 Å². The number of amides is 4. The lowest BCUT2D eigenvalue weighted by molar-refractivity contribution is -0.133. The topological polar surface area (TPSA) is 117 Å². The maximum absolute atomic E-state index is 13.6. The molecular formula is C30H36ClN5O3. The summed E-state index contributed by atoms with van der Waals surface area (Å²) in [4.78, 5) is 39.7. The van der Waals surface area contributed by atoms with Gasteiger partial charge < -0.3 is 26.6 Å². The third kappa shape index (κ3) is 7.71. The standard InChI is InChI=1S/C30H36ClN5O3/c1-2-20(21-6-4-3-5-7-21)19-36-15-13-26(35-27(29(36)38)12-14-33-30(32)39)18-34-28(37)24-9-8-23-17-25(31)11-10-22(23)16-24/h3-11,16-17,20,26-27,35H,2,12-15,18-19H2,1H3,(H,34,37)(H3,32,33,39)/t20-,26-,27-/m1/s1. The Balaban J connectivity index is 1.43. The molecule has 1 heterocycles. The Kier molecular flexibility index (Phi) is 9.79. The van der Waals surface area contributed by atoms with Gasteiger partial charge in [-0.1, -0.05) is 61.0 Å². The van der Waals surface area contributed by atoms with E-state index in [1.807, 2.05) is 47.4 Å². The largest absolute Gasteiger partial charge is 0.352 e. The maximum Gasteiger partial charge on any atom is 0.312 e. The van der Waals surface area contributed by atoms with Crippen LogP contribution in [-0.2, 0) is 4.79 Å². The molecule has 1 fully saturated rings. The zero-order valence-corrected chi connectivity index (χ0v) is 22.9. The summed E-state index contributed by atoms with van der Waals surface area (Å²) in [5.74, 6) is 0.0411. The molecule has 0 aromatic heterocycles. The highest BCUT2D eigenvalue weighted by Gasteiger charge is 2.32. The van der Waals surface area contributed by atoms with E-state index in [2.05, 4.69) is 35.0 Å². The molecule has 4 amide bonds. The normalized spacial score (nSPS) is 18.4. The number of urea groups is 1. The molecule has 0 aliphatic carbocycles. The minimum absolute atomic E-state index is 0.00216. The van der Waals surface area contributed by atoms with E-state index >= 15 is 0 Å². The number of hydrogen-bond donors (Lipinski definition) is 4. The first-order valence-corrected chi connectivity index (χ1v) is 13.8. The lowest BCUT2D eigenvalue weighted by Crippen LogP contribution is -2.50. The molecule has 3 atom stereocenters. The van der Waals surface area contributed by atoms with E-state index in [0.717, 1.165) is 17.2 Å². The molecule has 4 rings (SSSR count). The predicted octanol–water partition coefficient (Wildman–Crippen LogP) is 4.03. The number of primary amides is 1. The number of fused-ring (bicyclic) bond motifs is 1. The molecular weight excluding hydrogens is 514 g/mol. The van der Waals surface area contributed by atoms with Gasteiger partial charge in [-0.3, -0.25) is 9.59 Å². The lowest BCUT2D eigenvalue weighted by atomic mass is 9.95. The Labute approximate surface area is 234 Å². The van der Waals surface area contributed by atoms with Gasteiger partial charge in [-0.25, -0.2) is 4.79 Å². The van der Waals surface area contributed by atoms with Crippen molar-refractivity contribution in [3.8, 4) is 0 Å². The molecule has 3 aromatic carbocycles. The Morgan fingerprint density at radius 1 is 1.08 bits per heavy atom. The van der Waals surface area contributed by atoms with Crippen molar-refractivity contribution in [2.75, 3.05) is 26.2 Å². The Bertz CT molecular complexity index is 1300. The van der Waals surface area contributed by atoms with E-state index < -0.39 is 12.1 Å². The van der Waals surface area contributed by atoms with E-state index in [4.69, 9.17) is 17.3 Å². The second kappa shape index (κ2) is 13.4. The molecule has 1 aliphatic heterocycles. The SMILES string of the molecule is CC[C@H](CN1CC[C@H](CNC(=O)c2ccc3cc(Cl)ccc3c2)N[C@H](CCNC(N)=O)C1=O)c1ccccc1. The second-order valence-electron chi connectivity index (χ2n) is 10.0. The highest BCUT2D eigenvalue weighted by Crippen LogP contribution is 2.23. The van der Waals surface area contributed by atoms with Crippen LogP contribution >= 0.6 is 11.6 Å². The summed E-state index contributed by atoms with van der Waals surface area (Å²) < 4.78 is 0. The average molecular weight is 550 g/mol. The second-order valence-corrected chi connectivity index (χ2v) is 10.4. The van der Waals surface area contributed by atoms with E-state index in [-0.39, 0.29) is 30.3 Å². The number of carbonyl (C=O) groups excluding carboxylic acids is 3. The molecule has 0 saturated carbocycles. The molecule has 3 aromatic rings. The fourth-order valence-electron chi connectivity index (χ4n) is 5.11. The number of nitrogens with two attached hydrogens (primary N) is 1. The van der Waals surface area contributed by atoms with Gasteiger partial charge >= 0.3 is 6.03 Å². The first-order chi connectivity index (χ1) is 18.8. The van der Waals surface area contributed by atoms with Crippen molar-refractivity contribution < 1.29 is 14.4 Å². The van der Waals surface area contributed by atoms with Gasteiger partial charge in [0.25, 0.3) is 5.91 Å². The minimum atomic E-state index is -0.621. The summed E-state index contributed by atoms with van der Waals surface area (Å²) in [5, 5.41) is 11.6. The van der Waals surface area contributed by atoms with Crippen LogP contribution in [0.25, 0.3) is 10.8 Å². The van der Waals surface area contributed by atoms with Gasteiger partial charge in [-0.2, -0.15) is 0 Å². The number of hydrogen-bond acceptors (Lipinski definition) is 4. The van der Waals surface area contributed by atoms with Crippen molar-refractivity contribution >= 4 is 40.2 Å². The zero-order chi connectivity index (χ0) is 27.8. The summed E-state index contributed by atoms with van der Waals surface area (Å²) in [6.07, 6.45) is 2.00. The zero-order valence-electron chi connectivity index (χ0n) is 22.2. The molecule has 0 unspecified atom stereocenters. The summed E-state index contributed by atoms with van der Waals surface area (Å²) in [5.41, 5.74) is 7.00. The highest BCUT2D eigenvalue weighted by atomic mass is 35.5. The van der Waals surface area contributed by atoms with Gasteiger partial charge in [0.1, 0.15) is 0 Å². The van der Waals surface area contributed by atoms with Crippen LogP contribution in [0.15, 0.2) is 66.7 Å². The summed E-state index contributed by atoms with van der Waals surface area (Å²) in [6, 6.07) is 20.1. The summed E-state index contributed by atoms with van der Waals surface area (Å²) in [7, 11) is 0. The van der Waals surface area contributed by atoms with Gasteiger partial charge in [-0.05, 0) is 59.9 Å². The highest BCUT2D eigenvalue weighted by molar-refractivity contribution is 6.31. The molecule has 0 radical (unpaired) electrons. The van der Waals surface area contributed by atoms with Crippen LogP contribution in [-0.4, -0.2) is 61.0 Å². The van der Waals surface area contributed by atoms with Gasteiger partial charge in [0.05, 0.1) is 6.04 Å². The monoisotopic (exact) mass is 549 g/mol. The Morgan fingerprint density at radius 2 is 1.82 bits per heavy atom. The molecule has 0 spiro atoms. The first kappa shape index (κ1) is 28.4. The van der Waals surface area contributed by atoms with Gasteiger partial charge in [0.15, 0.2) is 0 Å². The quantitative estimate of drug-likeness (QED) is 0.305. The smallest absolute Gasteiger partial charge is 0.312 e. The Hall–Kier alpha value is -3.62. The van der Waals surface area contributed by atoms with Crippen LogP contribution in [0, 0.1) is 0 Å². The predicted molar refractivity (Wildman–Crippen MR) is 155 cm³/mol. The van der Waals surface area contributed by atoms with Crippen LogP contribution < -0.4 is 21.7 Å². The van der Waals surface area contributed by atoms with E-state index in [0.29, 0.717) is 43.1 Å². The fraction of sp³-hybridized carbons (Fsp3) is 0.367. The molecule has 39 heavy (non-hydrogen) atoms. The van der Waals surface area contributed by atoms with Crippen LogP contribution in [0.3, 0.4) is 0 Å². The molecule has 5 N–H and O–H groups in total. The molecule has 9 heteroatoms. The molecule has 8 nitrogen and oxygen atoms in total. The van der Waals surface area contributed by atoms with Crippen molar-refractivity contribution in [2.24, 2.45) is 5.73 Å². The molecule has 0 bridgehead atoms. The minimum Gasteiger partial charge on any atom is -0.352 e. The number of halogens is 1. The third-order valence-electron chi connectivity index (χ3n) is 7.30. The summed E-state index contributed by atoms with van der Waals surface area (Å²) >= 11 is 6.08. The average Bonchev–Trinajstić information content (AvgIpc) is 3.08. The van der Waals surface area contributed by atoms with Crippen LogP contribution in [0.2, 0.25) is 5.02 Å². The van der Waals surface area contributed by atoms with Gasteiger partial charge in [0, 0.05) is 48.7 Å². The third-order valence-corrected chi connectivity index (χ3v) is 7.54. The van der Waals surface area contributed by atoms with E-state index in [1.54, 1.807) is 12.1 Å². The van der Waals surface area contributed by atoms with Crippen molar-refractivity contribution in [1.82, 2.24) is 20.9 Å². The van der Waals surface area contributed by atoms with Gasteiger partial charge in [-0.15, -0.1) is 0 Å². The maximum atomic E-state index is 13.6. The van der Waals surface area contributed by atoms with Crippen LogP contribution in [0.1, 0.15) is 48.0 Å². The number of nitrogens with one attached hydrogen (secondary N) is 3. The van der Waals surface area contributed by atoms with Crippen molar-refractivity contribution in [1.29, 1.82) is 0 Å². The van der Waals surface area contributed by atoms with Crippen molar-refractivity contribution in [2.45, 2.75) is 44.2 Å². The van der Waals surface area contributed by atoms with Crippen LogP contribution in [0.4, 0.5) is 4.79 Å². The van der Waals surface area contributed by atoms with Gasteiger partial charge in [0.2, 0.25) is 5.91 Å². The van der Waals surface area contributed by atoms with Crippen molar-refractivity contribution in [3.63, 3.8) is 0 Å². The van der Waals surface area contributed by atoms with E-state index in [1.165, 1.54) is 5.56 Å². The lowest BCUT2D eigenvalue weighted by Gasteiger charge is -2.28. The number of nitrogens with zero attached hydrogens (tertiary/aromatic N) is 1. The molecule has 1 saturated heterocycles. The van der Waals surface area contributed by atoms with Crippen molar-refractivity contribution in [3.05, 3.63) is 82.9 Å². The molecule has 1 aliphatic rings. The summed E-state index contributed by atoms with van der Waals surface area (Å²) in [6.45, 7) is 3.97. The first-order valence-electron chi connectivity index (χ1n) is 13.4. The number of rotatable bonds is 10. The Morgan fingerprint density at radius 3 is 2.56 bits per heavy atom.